The van der Waals surface area contributed by atoms with Gasteiger partial charge in [0.05, 0.1) is 22.4 Å². The molecule has 34 heavy (non-hydrogen) atoms. The first-order valence-corrected chi connectivity index (χ1v) is 12.5. The zero-order valence-electron chi connectivity index (χ0n) is 19.6. The van der Waals surface area contributed by atoms with Crippen LogP contribution >= 0.6 is 35.0 Å². The molecule has 2 aromatic carbocycles. The second kappa shape index (κ2) is 11.3. The number of hydrogen-bond acceptors (Lipinski definition) is 5. The highest BCUT2D eigenvalue weighted by molar-refractivity contribution is 7.99. The van der Waals surface area contributed by atoms with Crippen LogP contribution < -0.4 is 10.6 Å². The average molecular weight is 520 g/mol. The highest BCUT2D eigenvalue weighted by Crippen LogP contribution is 2.26. The van der Waals surface area contributed by atoms with E-state index in [0.717, 1.165) is 16.8 Å². The number of amides is 2. The van der Waals surface area contributed by atoms with Gasteiger partial charge in [0, 0.05) is 17.8 Å². The maximum absolute atomic E-state index is 12.9. The fourth-order valence-corrected chi connectivity index (χ4v) is 4.63. The Labute approximate surface area is 213 Å². The molecule has 0 spiro atoms. The van der Waals surface area contributed by atoms with E-state index in [1.54, 1.807) is 16.7 Å². The molecule has 0 aliphatic heterocycles. The molecule has 2 amide bonds. The quantitative estimate of drug-likeness (QED) is 0.378. The van der Waals surface area contributed by atoms with Crippen molar-refractivity contribution in [3.63, 3.8) is 0 Å². The van der Waals surface area contributed by atoms with Crippen LogP contribution in [0.25, 0.3) is 0 Å². The van der Waals surface area contributed by atoms with E-state index in [0.29, 0.717) is 21.6 Å². The van der Waals surface area contributed by atoms with E-state index >= 15 is 0 Å². The Morgan fingerprint density at radius 2 is 1.82 bits per heavy atom. The van der Waals surface area contributed by atoms with E-state index in [2.05, 4.69) is 20.8 Å². The third-order valence-corrected chi connectivity index (χ3v) is 6.83. The molecule has 1 aromatic heterocycles. The van der Waals surface area contributed by atoms with Gasteiger partial charge in [-0.1, -0.05) is 66.5 Å². The normalized spacial score (nSPS) is 12.0. The van der Waals surface area contributed by atoms with E-state index in [-0.39, 0.29) is 28.5 Å². The van der Waals surface area contributed by atoms with Gasteiger partial charge in [-0.15, -0.1) is 10.2 Å². The molecule has 180 valence electrons. The largest absolute Gasteiger partial charge is 0.342 e. The van der Waals surface area contributed by atoms with Gasteiger partial charge >= 0.3 is 0 Å². The number of hydrogen-bond donors (Lipinski definition) is 2. The minimum Gasteiger partial charge on any atom is -0.342 e. The molecule has 0 saturated carbocycles. The molecule has 0 fully saturated rings. The molecule has 10 heteroatoms. The highest BCUT2D eigenvalue weighted by atomic mass is 35.5. The lowest BCUT2D eigenvalue weighted by atomic mass is 10.0. The molecule has 3 rings (SSSR count). The van der Waals surface area contributed by atoms with Gasteiger partial charge in [0.25, 0.3) is 5.91 Å². The monoisotopic (exact) mass is 519 g/mol. The van der Waals surface area contributed by atoms with Gasteiger partial charge in [-0.05, 0) is 49.6 Å². The molecule has 0 aliphatic rings. The first kappa shape index (κ1) is 26.1. The van der Waals surface area contributed by atoms with Gasteiger partial charge < -0.3 is 15.2 Å². The fourth-order valence-electron chi connectivity index (χ4n) is 3.41. The minimum absolute atomic E-state index is 0.0311. The zero-order chi connectivity index (χ0) is 25.0. The molecule has 3 aromatic rings. The first-order valence-electron chi connectivity index (χ1n) is 10.7. The van der Waals surface area contributed by atoms with Crippen molar-refractivity contribution in [3.05, 3.63) is 69.0 Å². The number of carbonyl (C=O) groups is 2. The number of aromatic nitrogens is 3. The summed E-state index contributed by atoms with van der Waals surface area (Å²) in [6.45, 7) is 7.93. The number of nitrogens with zero attached hydrogens (tertiary/aromatic N) is 3. The molecular formula is C24H27Cl2N5O2S. The molecule has 0 radical (unpaired) electrons. The molecule has 1 heterocycles. The summed E-state index contributed by atoms with van der Waals surface area (Å²) in [4.78, 5) is 25.3. The number of thioether (sulfide) groups is 1. The summed E-state index contributed by atoms with van der Waals surface area (Å²) in [5.41, 5.74) is 3.27. The van der Waals surface area contributed by atoms with Crippen molar-refractivity contribution in [2.24, 2.45) is 13.0 Å². The maximum Gasteiger partial charge on any atom is 0.253 e. The fraction of sp³-hybridized carbons (Fsp3) is 0.333. The molecule has 2 N–H and O–H groups in total. The molecule has 0 aliphatic carbocycles. The van der Waals surface area contributed by atoms with Gasteiger partial charge in [0.15, 0.2) is 11.0 Å². The van der Waals surface area contributed by atoms with Gasteiger partial charge in [-0.25, -0.2) is 0 Å². The lowest BCUT2D eigenvalue weighted by Crippen LogP contribution is -2.33. The summed E-state index contributed by atoms with van der Waals surface area (Å²) in [5.74, 6) is 0.339. The second-order valence-corrected chi connectivity index (χ2v) is 10.2. The summed E-state index contributed by atoms with van der Waals surface area (Å²) in [5, 5.41) is 15.8. The van der Waals surface area contributed by atoms with Gasteiger partial charge in [0.1, 0.15) is 0 Å². The molecule has 1 atom stereocenters. The average Bonchev–Trinajstić information content (AvgIpc) is 3.12. The Kier molecular flexibility index (Phi) is 8.62. The minimum atomic E-state index is -0.407. The Morgan fingerprint density at radius 1 is 1.09 bits per heavy atom. The van der Waals surface area contributed by atoms with Gasteiger partial charge in [0.2, 0.25) is 5.91 Å². The predicted octanol–water partition coefficient (Wildman–Crippen LogP) is 5.60. The van der Waals surface area contributed by atoms with Crippen LogP contribution in [0.3, 0.4) is 0 Å². The van der Waals surface area contributed by atoms with Crippen molar-refractivity contribution in [1.82, 2.24) is 20.1 Å². The maximum atomic E-state index is 12.9. The van der Waals surface area contributed by atoms with E-state index in [1.165, 1.54) is 17.8 Å². The molecule has 0 bridgehead atoms. The Morgan fingerprint density at radius 3 is 2.47 bits per heavy atom. The smallest absolute Gasteiger partial charge is 0.253 e. The molecular weight excluding hydrogens is 493 g/mol. The summed E-state index contributed by atoms with van der Waals surface area (Å²) in [6, 6.07) is 10.2. The van der Waals surface area contributed by atoms with E-state index in [1.807, 2.05) is 52.9 Å². The van der Waals surface area contributed by atoms with Crippen molar-refractivity contribution in [2.75, 3.05) is 11.1 Å². The Hall–Kier alpha value is -2.55. The SMILES string of the molecule is Cc1ccc(NC(=O)CSc2nnc([C@H](NC(=O)c3ccc(Cl)cc3Cl)C(C)C)n2C)c(C)c1. The van der Waals surface area contributed by atoms with E-state index < -0.39 is 6.04 Å². The van der Waals surface area contributed by atoms with Crippen molar-refractivity contribution >= 4 is 52.5 Å². The summed E-state index contributed by atoms with van der Waals surface area (Å²) in [6.07, 6.45) is 0. The lowest BCUT2D eigenvalue weighted by Gasteiger charge is -2.22. The van der Waals surface area contributed by atoms with Crippen LogP contribution in [0.2, 0.25) is 10.0 Å². The number of anilines is 1. The Balaban J connectivity index is 1.69. The lowest BCUT2D eigenvalue weighted by molar-refractivity contribution is -0.113. The number of halogens is 2. The van der Waals surface area contributed by atoms with Crippen molar-refractivity contribution in [3.8, 4) is 0 Å². The van der Waals surface area contributed by atoms with E-state index in [9.17, 15) is 9.59 Å². The number of rotatable bonds is 8. The predicted molar refractivity (Wildman–Crippen MR) is 138 cm³/mol. The van der Waals surface area contributed by atoms with Crippen LogP contribution in [0.1, 0.15) is 47.2 Å². The summed E-state index contributed by atoms with van der Waals surface area (Å²) in [7, 11) is 1.82. The van der Waals surface area contributed by atoms with Crippen LogP contribution in [0.4, 0.5) is 5.69 Å². The van der Waals surface area contributed by atoms with Crippen LogP contribution in [0, 0.1) is 19.8 Å². The third-order valence-electron chi connectivity index (χ3n) is 5.26. The van der Waals surface area contributed by atoms with Crippen LogP contribution in [0.15, 0.2) is 41.6 Å². The Bertz CT molecular complexity index is 1210. The highest BCUT2D eigenvalue weighted by Gasteiger charge is 2.26. The number of aryl methyl sites for hydroxylation is 2. The molecule has 0 unspecified atom stereocenters. The van der Waals surface area contributed by atoms with Gasteiger partial charge in [-0.2, -0.15) is 0 Å². The topological polar surface area (TPSA) is 88.9 Å². The zero-order valence-corrected chi connectivity index (χ0v) is 22.0. The first-order chi connectivity index (χ1) is 16.1. The summed E-state index contributed by atoms with van der Waals surface area (Å²) >= 11 is 13.4. The van der Waals surface area contributed by atoms with Crippen LogP contribution in [-0.2, 0) is 11.8 Å². The molecule has 0 saturated heterocycles. The van der Waals surface area contributed by atoms with Crippen molar-refractivity contribution in [1.29, 1.82) is 0 Å². The number of benzene rings is 2. The van der Waals surface area contributed by atoms with Gasteiger partial charge in [-0.3, -0.25) is 9.59 Å². The second-order valence-electron chi connectivity index (χ2n) is 8.37. The number of carbonyl (C=O) groups excluding carboxylic acids is 2. The van der Waals surface area contributed by atoms with Crippen molar-refractivity contribution in [2.45, 2.75) is 38.9 Å². The summed E-state index contributed by atoms with van der Waals surface area (Å²) < 4.78 is 1.80. The third kappa shape index (κ3) is 6.31. The molecule has 7 nitrogen and oxygen atoms in total. The van der Waals surface area contributed by atoms with E-state index in [4.69, 9.17) is 23.2 Å². The number of nitrogens with one attached hydrogen (secondary N) is 2. The standard InChI is InChI=1S/C24H27Cl2N5O2S/c1-13(2)21(28-23(33)17-8-7-16(25)11-18(17)26)22-29-30-24(31(22)5)34-12-20(32)27-19-9-6-14(3)10-15(19)4/h6-11,13,21H,12H2,1-5H3,(H,27,32)(H,28,33)/t21-/m1/s1. The van der Waals surface area contributed by atoms with Crippen LogP contribution in [-0.4, -0.2) is 32.3 Å². The van der Waals surface area contributed by atoms with Crippen LogP contribution in [0.5, 0.6) is 0 Å². The van der Waals surface area contributed by atoms with Crippen molar-refractivity contribution < 1.29 is 9.59 Å².